The van der Waals surface area contributed by atoms with Gasteiger partial charge < -0.3 is 23.7 Å². The van der Waals surface area contributed by atoms with Crippen molar-refractivity contribution >= 4 is 5.78 Å². The molecule has 0 N–H and O–H groups in total. The molecule has 1 aliphatic heterocycles. The molecule has 4 atom stereocenters. The van der Waals surface area contributed by atoms with Crippen LogP contribution >= 0.6 is 0 Å². The fourth-order valence-electron chi connectivity index (χ4n) is 4.10. The molecule has 1 fully saturated rings. The summed E-state index contributed by atoms with van der Waals surface area (Å²) in [6.07, 6.45) is 3.78. The van der Waals surface area contributed by atoms with Crippen LogP contribution in [-0.4, -0.2) is 39.5 Å². The second-order valence-electron chi connectivity index (χ2n) is 7.26. The Bertz CT molecular complexity index is 770. The Hall–Kier alpha value is -2.31. The first-order valence-electron chi connectivity index (χ1n) is 9.38. The van der Waals surface area contributed by atoms with Gasteiger partial charge in [-0.2, -0.15) is 0 Å². The van der Waals surface area contributed by atoms with Crippen molar-refractivity contribution in [3.63, 3.8) is 0 Å². The first-order chi connectivity index (χ1) is 13.5. The topological polar surface area (TPSA) is 63.2 Å². The van der Waals surface area contributed by atoms with Crippen LogP contribution in [0.25, 0.3) is 0 Å². The van der Waals surface area contributed by atoms with Crippen molar-refractivity contribution in [1.82, 2.24) is 0 Å². The number of rotatable bonds is 8. The van der Waals surface area contributed by atoms with E-state index in [1.54, 1.807) is 27.4 Å². The highest BCUT2D eigenvalue weighted by atomic mass is 16.7. The van der Waals surface area contributed by atoms with Crippen LogP contribution < -0.4 is 9.47 Å². The monoisotopic (exact) mass is 388 g/mol. The molecule has 6 heteroatoms. The summed E-state index contributed by atoms with van der Waals surface area (Å²) in [6.45, 7) is 6.34. The number of carbonyl (C=O) groups excluding carboxylic acids is 1. The third kappa shape index (κ3) is 3.54. The van der Waals surface area contributed by atoms with Gasteiger partial charge in [0.15, 0.2) is 17.3 Å². The summed E-state index contributed by atoms with van der Waals surface area (Å²) in [6, 6.07) is 5.66. The maximum Gasteiger partial charge on any atom is 0.203 e. The van der Waals surface area contributed by atoms with Gasteiger partial charge in [-0.25, -0.2) is 0 Å². The Morgan fingerprint density at radius 1 is 1.25 bits per heavy atom. The molecule has 1 aliphatic carbocycles. The van der Waals surface area contributed by atoms with Gasteiger partial charge in [-0.15, -0.1) is 6.58 Å². The molecule has 1 aromatic carbocycles. The average Bonchev–Trinajstić information content (AvgIpc) is 2.97. The van der Waals surface area contributed by atoms with E-state index in [0.29, 0.717) is 36.7 Å². The van der Waals surface area contributed by atoms with E-state index in [-0.39, 0.29) is 17.1 Å². The van der Waals surface area contributed by atoms with Gasteiger partial charge in [0.05, 0.1) is 20.8 Å². The van der Waals surface area contributed by atoms with Crippen molar-refractivity contribution in [3.05, 3.63) is 48.3 Å². The quantitative estimate of drug-likeness (QED) is 0.634. The number of ketones is 1. The number of fused-ring (bicyclic) bond motifs is 1. The summed E-state index contributed by atoms with van der Waals surface area (Å²) in [5, 5.41) is 0. The summed E-state index contributed by atoms with van der Waals surface area (Å²) in [5.74, 6) is 1.97. The zero-order chi connectivity index (χ0) is 20.3. The largest absolute Gasteiger partial charge is 0.493 e. The van der Waals surface area contributed by atoms with Gasteiger partial charge in [-0.1, -0.05) is 19.1 Å². The number of benzene rings is 1. The van der Waals surface area contributed by atoms with Gasteiger partial charge in [-0.3, -0.25) is 4.79 Å². The number of allylic oxidation sites excluding steroid dienone is 2. The van der Waals surface area contributed by atoms with E-state index in [9.17, 15) is 4.79 Å². The number of methoxy groups -OCH3 is 3. The summed E-state index contributed by atoms with van der Waals surface area (Å²) >= 11 is 0. The molecular formula is C22H28O6. The predicted octanol–water partition coefficient (Wildman–Crippen LogP) is 3.65. The van der Waals surface area contributed by atoms with Gasteiger partial charge >= 0.3 is 0 Å². The Balaban J connectivity index is 1.77. The molecule has 0 saturated carbocycles. The predicted molar refractivity (Wildman–Crippen MR) is 104 cm³/mol. The second-order valence-corrected chi connectivity index (χ2v) is 7.26. The zero-order valence-corrected chi connectivity index (χ0v) is 16.9. The molecule has 1 heterocycles. The summed E-state index contributed by atoms with van der Waals surface area (Å²) in [7, 11) is 4.77. The van der Waals surface area contributed by atoms with Gasteiger partial charge in [0.1, 0.15) is 11.9 Å². The van der Waals surface area contributed by atoms with Gasteiger partial charge in [0, 0.05) is 24.5 Å². The van der Waals surface area contributed by atoms with Gasteiger partial charge in [0.25, 0.3) is 0 Å². The van der Waals surface area contributed by atoms with Crippen LogP contribution in [0.1, 0.15) is 25.3 Å². The van der Waals surface area contributed by atoms with E-state index in [1.165, 1.54) is 0 Å². The Morgan fingerprint density at radius 3 is 2.64 bits per heavy atom. The molecule has 0 aromatic heterocycles. The van der Waals surface area contributed by atoms with Crippen molar-refractivity contribution in [3.8, 4) is 11.5 Å². The maximum atomic E-state index is 12.3. The number of carbonyl (C=O) groups is 1. The van der Waals surface area contributed by atoms with Crippen LogP contribution in [0.3, 0.4) is 0 Å². The third-order valence-electron chi connectivity index (χ3n) is 5.81. The highest BCUT2D eigenvalue weighted by Crippen LogP contribution is 2.54. The minimum absolute atomic E-state index is 0.0441. The van der Waals surface area contributed by atoms with Gasteiger partial charge in [0.2, 0.25) is 6.29 Å². The highest BCUT2D eigenvalue weighted by molar-refractivity contribution is 5.95. The molecular weight excluding hydrogens is 360 g/mol. The Morgan fingerprint density at radius 2 is 2.00 bits per heavy atom. The third-order valence-corrected chi connectivity index (χ3v) is 5.81. The van der Waals surface area contributed by atoms with Crippen molar-refractivity contribution in [1.29, 1.82) is 0 Å². The lowest BCUT2D eigenvalue weighted by molar-refractivity contribution is -0.127. The van der Waals surface area contributed by atoms with Crippen LogP contribution in [0.5, 0.6) is 11.5 Å². The van der Waals surface area contributed by atoms with Crippen LogP contribution in [-0.2, 0) is 25.6 Å². The first-order valence-corrected chi connectivity index (χ1v) is 9.38. The van der Waals surface area contributed by atoms with Gasteiger partial charge in [-0.05, 0) is 30.5 Å². The van der Waals surface area contributed by atoms with E-state index in [4.69, 9.17) is 23.7 Å². The lowest BCUT2D eigenvalue weighted by Gasteiger charge is -2.36. The van der Waals surface area contributed by atoms with E-state index in [1.807, 2.05) is 24.3 Å². The lowest BCUT2D eigenvalue weighted by Crippen LogP contribution is -2.40. The molecule has 0 amide bonds. The van der Waals surface area contributed by atoms with Crippen molar-refractivity contribution in [2.75, 3.05) is 21.3 Å². The Labute approximate surface area is 166 Å². The van der Waals surface area contributed by atoms with E-state index >= 15 is 0 Å². The lowest BCUT2D eigenvalue weighted by atomic mass is 9.67. The molecule has 1 aromatic rings. The van der Waals surface area contributed by atoms with E-state index in [0.717, 1.165) is 5.56 Å². The fourth-order valence-corrected chi connectivity index (χ4v) is 4.10. The molecule has 1 saturated heterocycles. The minimum atomic E-state index is -0.459. The van der Waals surface area contributed by atoms with Crippen LogP contribution in [0, 0.1) is 11.3 Å². The summed E-state index contributed by atoms with van der Waals surface area (Å²) < 4.78 is 28.2. The standard InChI is InChI=1S/C22H28O6/c1-6-9-22-12-19(26-5)16(23)11-20(22)28-21(14(22)2)27-13-15-7-8-17(24-3)18(10-15)25-4/h6-8,10-11,14,19,21H,1,9,12-13H2,2-5H3. The van der Waals surface area contributed by atoms with Crippen LogP contribution in [0.2, 0.25) is 0 Å². The molecule has 0 radical (unpaired) electrons. The molecule has 28 heavy (non-hydrogen) atoms. The maximum absolute atomic E-state index is 12.3. The van der Waals surface area contributed by atoms with Crippen molar-refractivity contribution in [2.45, 2.75) is 38.8 Å². The fraction of sp³-hybridized carbons (Fsp3) is 0.500. The molecule has 4 unspecified atom stereocenters. The van der Waals surface area contributed by atoms with E-state index < -0.39 is 12.4 Å². The normalized spacial score (nSPS) is 28.9. The summed E-state index contributed by atoms with van der Waals surface area (Å²) in [4.78, 5) is 12.3. The highest BCUT2D eigenvalue weighted by Gasteiger charge is 2.55. The van der Waals surface area contributed by atoms with Crippen molar-refractivity contribution in [2.24, 2.45) is 11.3 Å². The number of hydrogen-bond donors (Lipinski definition) is 0. The molecule has 6 nitrogen and oxygen atoms in total. The van der Waals surface area contributed by atoms with Crippen LogP contribution in [0.4, 0.5) is 0 Å². The Kier molecular flexibility index (Phi) is 6.10. The molecule has 2 aliphatic rings. The molecule has 3 rings (SSSR count). The minimum Gasteiger partial charge on any atom is -0.493 e. The van der Waals surface area contributed by atoms with Crippen molar-refractivity contribution < 1.29 is 28.5 Å². The molecule has 0 bridgehead atoms. The molecule has 0 spiro atoms. The second kappa shape index (κ2) is 8.37. The first kappa shape index (κ1) is 20.4. The SMILES string of the molecule is C=CCC12CC(OC)C(=O)C=C1OC(OCc1ccc(OC)c(OC)c1)C2C. The van der Waals surface area contributed by atoms with E-state index in [2.05, 4.69) is 13.5 Å². The average molecular weight is 388 g/mol. The number of hydrogen-bond acceptors (Lipinski definition) is 6. The molecule has 152 valence electrons. The van der Waals surface area contributed by atoms with Crippen LogP contribution in [0.15, 0.2) is 42.7 Å². The summed E-state index contributed by atoms with van der Waals surface area (Å²) in [5.41, 5.74) is 0.611. The number of ether oxygens (including phenoxy) is 5. The zero-order valence-electron chi connectivity index (χ0n) is 16.9. The smallest absolute Gasteiger partial charge is 0.203 e.